The average Bonchev–Trinajstić information content (AvgIpc) is 2.99. The van der Waals surface area contributed by atoms with Gasteiger partial charge in [-0.05, 0) is 36.4 Å². The Labute approximate surface area is 146 Å². The van der Waals surface area contributed by atoms with Gasteiger partial charge in [0.05, 0.1) is 17.1 Å². The molecule has 0 unspecified atom stereocenters. The van der Waals surface area contributed by atoms with E-state index >= 15 is 0 Å². The lowest BCUT2D eigenvalue weighted by atomic mass is 10.3. The number of rotatable bonds is 5. The van der Waals surface area contributed by atoms with Crippen LogP contribution in [0.5, 0.6) is 0 Å². The summed E-state index contributed by atoms with van der Waals surface area (Å²) in [6, 6.07) is 9.06. The monoisotopic (exact) mass is 362 g/mol. The van der Waals surface area contributed by atoms with Crippen molar-refractivity contribution in [2.24, 2.45) is 0 Å². The molecular formula is C16H12ClFN4OS. The van der Waals surface area contributed by atoms with Gasteiger partial charge in [0, 0.05) is 17.3 Å². The summed E-state index contributed by atoms with van der Waals surface area (Å²) < 4.78 is 12.8. The van der Waals surface area contributed by atoms with Crippen LogP contribution in [0, 0.1) is 5.82 Å². The highest BCUT2D eigenvalue weighted by Crippen LogP contribution is 2.21. The molecule has 0 bridgehead atoms. The van der Waals surface area contributed by atoms with Crippen LogP contribution in [0.2, 0.25) is 5.02 Å². The van der Waals surface area contributed by atoms with Crippen molar-refractivity contribution in [3.8, 4) is 0 Å². The average molecular weight is 363 g/mol. The second-order valence-corrected chi connectivity index (χ2v) is 6.16. The van der Waals surface area contributed by atoms with Gasteiger partial charge in [-0.2, -0.15) is 0 Å². The predicted octanol–water partition coefficient (Wildman–Crippen LogP) is 4.26. The molecule has 122 valence electrons. The van der Waals surface area contributed by atoms with Crippen molar-refractivity contribution in [1.29, 1.82) is 0 Å². The Balaban J connectivity index is 1.58. The number of halogens is 2. The van der Waals surface area contributed by atoms with E-state index in [9.17, 15) is 9.18 Å². The number of pyridine rings is 1. The van der Waals surface area contributed by atoms with Crippen molar-refractivity contribution in [3.05, 3.63) is 64.5 Å². The largest absolute Gasteiger partial charge is 0.326 e. The quantitative estimate of drug-likeness (QED) is 0.711. The second kappa shape index (κ2) is 7.37. The number of benzene rings is 1. The number of aromatic nitrogens is 2. The smallest absolute Gasteiger partial charge is 0.230 e. The van der Waals surface area contributed by atoms with Crippen LogP contribution >= 0.6 is 22.9 Å². The topological polar surface area (TPSA) is 66.9 Å². The van der Waals surface area contributed by atoms with Crippen LogP contribution < -0.4 is 10.6 Å². The summed E-state index contributed by atoms with van der Waals surface area (Å²) in [5, 5.41) is 8.72. The number of hydrogen-bond donors (Lipinski definition) is 2. The molecule has 0 saturated heterocycles. The van der Waals surface area contributed by atoms with Gasteiger partial charge in [0.1, 0.15) is 11.6 Å². The number of hydrogen-bond acceptors (Lipinski definition) is 5. The molecule has 0 aliphatic rings. The van der Waals surface area contributed by atoms with Gasteiger partial charge in [-0.25, -0.2) is 14.4 Å². The van der Waals surface area contributed by atoms with Gasteiger partial charge in [0.2, 0.25) is 5.91 Å². The van der Waals surface area contributed by atoms with Crippen LogP contribution in [0.3, 0.4) is 0 Å². The minimum Gasteiger partial charge on any atom is -0.326 e. The van der Waals surface area contributed by atoms with Crippen molar-refractivity contribution in [1.82, 2.24) is 9.97 Å². The van der Waals surface area contributed by atoms with Gasteiger partial charge in [-0.3, -0.25) is 4.79 Å². The lowest BCUT2D eigenvalue weighted by molar-refractivity contribution is -0.115. The van der Waals surface area contributed by atoms with Crippen LogP contribution in [0.25, 0.3) is 0 Å². The Morgan fingerprint density at radius 3 is 2.71 bits per heavy atom. The summed E-state index contributed by atoms with van der Waals surface area (Å²) in [5.74, 6) is 0.0539. The summed E-state index contributed by atoms with van der Waals surface area (Å²) in [6.45, 7) is 0. The number of amides is 1. The van der Waals surface area contributed by atoms with Gasteiger partial charge in [-0.1, -0.05) is 11.6 Å². The molecule has 3 aromatic rings. The number of thiazole rings is 1. The molecule has 1 amide bonds. The lowest BCUT2D eigenvalue weighted by Gasteiger charge is -2.03. The molecule has 0 fully saturated rings. The molecule has 0 atom stereocenters. The molecule has 0 radical (unpaired) electrons. The fraction of sp³-hybridized carbons (Fsp3) is 0.0625. The first-order valence-electron chi connectivity index (χ1n) is 6.97. The molecule has 8 heteroatoms. The van der Waals surface area contributed by atoms with E-state index in [1.807, 2.05) is 0 Å². The Bertz CT molecular complexity index is 836. The van der Waals surface area contributed by atoms with Crippen molar-refractivity contribution in [2.45, 2.75) is 6.42 Å². The zero-order valence-electron chi connectivity index (χ0n) is 12.3. The van der Waals surface area contributed by atoms with Crippen LogP contribution in [0.1, 0.15) is 5.69 Å². The van der Waals surface area contributed by atoms with Crippen molar-refractivity contribution < 1.29 is 9.18 Å². The van der Waals surface area contributed by atoms with E-state index in [0.717, 1.165) is 0 Å². The first-order valence-corrected chi connectivity index (χ1v) is 8.23. The molecule has 0 aliphatic carbocycles. The van der Waals surface area contributed by atoms with E-state index in [1.165, 1.54) is 41.8 Å². The van der Waals surface area contributed by atoms with Crippen LogP contribution in [-0.4, -0.2) is 15.9 Å². The molecule has 5 nitrogen and oxygen atoms in total. The standard InChI is InChI=1S/C16H12ClFN4OS/c17-10-1-6-14(19-8-10)22-16-21-13(9-24-16)7-15(23)20-12-4-2-11(18)3-5-12/h1-6,8-9H,7H2,(H,20,23)(H,19,21,22). The molecule has 2 N–H and O–H groups in total. The summed E-state index contributed by atoms with van der Waals surface area (Å²) in [7, 11) is 0. The molecule has 0 saturated carbocycles. The van der Waals surface area contributed by atoms with Crippen molar-refractivity contribution in [3.63, 3.8) is 0 Å². The maximum atomic E-state index is 12.8. The summed E-state index contributed by atoms with van der Waals surface area (Å²) in [6.07, 6.45) is 1.66. The van der Waals surface area contributed by atoms with Gasteiger partial charge in [0.15, 0.2) is 5.13 Å². The van der Waals surface area contributed by atoms with Crippen LogP contribution in [0.4, 0.5) is 21.0 Å². The highest BCUT2D eigenvalue weighted by atomic mass is 35.5. The Morgan fingerprint density at radius 2 is 2.00 bits per heavy atom. The molecule has 3 rings (SSSR count). The minimum atomic E-state index is -0.348. The van der Waals surface area contributed by atoms with E-state index in [1.54, 1.807) is 17.5 Å². The van der Waals surface area contributed by atoms with Crippen LogP contribution in [0.15, 0.2) is 48.0 Å². The fourth-order valence-corrected chi connectivity index (χ4v) is 2.74. The summed E-state index contributed by atoms with van der Waals surface area (Å²) >= 11 is 7.16. The lowest BCUT2D eigenvalue weighted by Crippen LogP contribution is -2.14. The molecule has 2 heterocycles. The first-order chi connectivity index (χ1) is 11.6. The molecule has 0 spiro atoms. The number of nitrogens with one attached hydrogen (secondary N) is 2. The van der Waals surface area contributed by atoms with Gasteiger partial charge in [0.25, 0.3) is 0 Å². The number of carbonyl (C=O) groups excluding carboxylic acids is 1. The Hall–Kier alpha value is -2.51. The van der Waals surface area contributed by atoms with Crippen molar-refractivity contribution >= 4 is 45.5 Å². The molecule has 0 aliphatic heterocycles. The molecule has 2 aromatic heterocycles. The highest BCUT2D eigenvalue weighted by Gasteiger charge is 2.09. The number of nitrogens with zero attached hydrogens (tertiary/aromatic N) is 2. The maximum Gasteiger partial charge on any atom is 0.230 e. The van der Waals surface area contributed by atoms with E-state index in [-0.39, 0.29) is 18.1 Å². The number of anilines is 3. The first kappa shape index (κ1) is 16.4. The Morgan fingerprint density at radius 1 is 1.21 bits per heavy atom. The van der Waals surface area contributed by atoms with Gasteiger partial charge in [-0.15, -0.1) is 11.3 Å². The van der Waals surface area contributed by atoms with E-state index in [4.69, 9.17) is 11.6 Å². The zero-order chi connectivity index (χ0) is 16.9. The normalized spacial score (nSPS) is 10.4. The van der Waals surface area contributed by atoms with E-state index < -0.39 is 0 Å². The van der Waals surface area contributed by atoms with Gasteiger partial charge < -0.3 is 10.6 Å². The SMILES string of the molecule is O=C(Cc1csc(Nc2ccc(Cl)cn2)n1)Nc1ccc(F)cc1. The third kappa shape index (κ3) is 4.50. The highest BCUT2D eigenvalue weighted by molar-refractivity contribution is 7.13. The van der Waals surface area contributed by atoms with E-state index in [2.05, 4.69) is 20.6 Å². The number of carbonyl (C=O) groups is 1. The summed E-state index contributed by atoms with van der Waals surface area (Å²) in [4.78, 5) is 20.4. The Kier molecular flexibility index (Phi) is 5.02. The molecule has 24 heavy (non-hydrogen) atoms. The van der Waals surface area contributed by atoms with E-state index in [0.29, 0.717) is 27.4 Å². The van der Waals surface area contributed by atoms with Crippen molar-refractivity contribution in [2.75, 3.05) is 10.6 Å². The second-order valence-electron chi connectivity index (χ2n) is 4.86. The molecular weight excluding hydrogens is 351 g/mol. The third-order valence-corrected chi connectivity index (χ3v) is 4.01. The maximum absolute atomic E-state index is 12.8. The third-order valence-electron chi connectivity index (χ3n) is 2.98. The zero-order valence-corrected chi connectivity index (χ0v) is 13.9. The fourth-order valence-electron chi connectivity index (χ4n) is 1.91. The van der Waals surface area contributed by atoms with Gasteiger partial charge >= 0.3 is 0 Å². The molecule has 1 aromatic carbocycles. The van der Waals surface area contributed by atoms with Crippen LogP contribution in [-0.2, 0) is 11.2 Å². The summed E-state index contributed by atoms with van der Waals surface area (Å²) in [5.41, 5.74) is 1.18. The predicted molar refractivity (Wildman–Crippen MR) is 93.4 cm³/mol. The minimum absolute atomic E-state index is 0.129.